The van der Waals surface area contributed by atoms with Crippen molar-refractivity contribution >= 4 is 32.9 Å². The SMILES string of the molecule is O=C(NCc1ccccc1)n1ccc2cc(Br)ccc21. The van der Waals surface area contributed by atoms with Crippen molar-refractivity contribution < 1.29 is 4.79 Å². The summed E-state index contributed by atoms with van der Waals surface area (Å²) in [5.41, 5.74) is 1.99. The molecule has 0 aliphatic carbocycles. The van der Waals surface area contributed by atoms with Crippen LogP contribution in [0.25, 0.3) is 10.9 Å². The molecule has 3 rings (SSSR count). The average molecular weight is 329 g/mol. The van der Waals surface area contributed by atoms with Crippen LogP contribution >= 0.6 is 15.9 Å². The number of amides is 1. The number of aromatic nitrogens is 1. The van der Waals surface area contributed by atoms with Gasteiger partial charge in [0.05, 0.1) is 5.52 Å². The Labute approximate surface area is 125 Å². The van der Waals surface area contributed by atoms with E-state index in [-0.39, 0.29) is 6.03 Å². The van der Waals surface area contributed by atoms with Crippen molar-refractivity contribution in [2.45, 2.75) is 6.54 Å². The molecule has 0 aliphatic heterocycles. The highest BCUT2D eigenvalue weighted by Crippen LogP contribution is 2.20. The van der Waals surface area contributed by atoms with Gasteiger partial charge in [-0.2, -0.15) is 0 Å². The zero-order valence-corrected chi connectivity index (χ0v) is 12.3. The molecule has 0 unspecified atom stereocenters. The molecule has 1 N–H and O–H groups in total. The van der Waals surface area contributed by atoms with Crippen LogP contribution in [-0.4, -0.2) is 10.6 Å². The zero-order valence-electron chi connectivity index (χ0n) is 10.7. The maximum Gasteiger partial charge on any atom is 0.326 e. The van der Waals surface area contributed by atoms with Crippen LogP contribution in [0.15, 0.2) is 65.3 Å². The van der Waals surface area contributed by atoms with Gasteiger partial charge in [0, 0.05) is 22.6 Å². The monoisotopic (exact) mass is 328 g/mol. The van der Waals surface area contributed by atoms with Gasteiger partial charge in [-0.15, -0.1) is 0 Å². The maximum absolute atomic E-state index is 12.2. The highest BCUT2D eigenvalue weighted by atomic mass is 79.9. The first-order valence-corrected chi connectivity index (χ1v) is 7.12. The van der Waals surface area contributed by atoms with E-state index in [0.717, 1.165) is 20.9 Å². The van der Waals surface area contributed by atoms with Crippen LogP contribution in [0.4, 0.5) is 4.79 Å². The Balaban J connectivity index is 1.79. The molecule has 0 saturated carbocycles. The second-order valence-electron chi connectivity index (χ2n) is 4.53. The van der Waals surface area contributed by atoms with Gasteiger partial charge in [-0.1, -0.05) is 46.3 Å². The lowest BCUT2D eigenvalue weighted by Gasteiger charge is -2.07. The molecule has 0 aliphatic rings. The number of halogens is 1. The second-order valence-corrected chi connectivity index (χ2v) is 5.45. The quantitative estimate of drug-likeness (QED) is 0.752. The van der Waals surface area contributed by atoms with Crippen molar-refractivity contribution in [3.8, 4) is 0 Å². The van der Waals surface area contributed by atoms with Crippen LogP contribution < -0.4 is 5.32 Å². The molecule has 0 fully saturated rings. The molecule has 1 heterocycles. The minimum absolute atomic E-state index is 0.119. The summed E-state index contributed by atoms with van der Waals surface area (Å²) in [5, 5.41) is 3.96. The Bertz CT molecular complexity index is 750. The largest absolute Gasteiger partial charge is 0.333 e. The second kappa shape index (κ2) is 5.51. The topological polar surface area (TPSA) is 34.0 Å². The summed E-state index contributed by atoms with van der Waals surface area (Å²) in [6.07, 6.45) is 1.79. The molecule has 0 radical (unpaired) electrons. The minimum Gasteiger partial charge on any atom is -0.333 e. The number of fused-ring (bicyclic) bond motifs is 1. The van der Waals surface area contributed by atoms with Crippen molar-refractivity contribution in [1.29, 1.82) is 0 Å². The summed E-state index contributed by atoms with van der Waals surface area (Å²) >= 11 is 3.43. The molecule has 1 amide bonds. The molecule has 20 heavy (non-hydrogen) atoms. The summed E-state index contributed by atoms with van der Waals surface area (Å²) in [4.78, 5) is 12.2. The number of benzene rings is 2. The summed E-state index contributed by atoms with van der Waals surface area (Å²) in [6, 6.07) is 17.5. The van der Waals surface area contributed by atoms with Crippen molar-refractivity contribution in [2.24, 2.45) is 0 Å². The van der Waals surface area contributed by atoms with Crippen LogP contribution in [-0.2, 0) is 6.54 Å². The highest BCUT2D eigenvalue weighted by Gasteiger charge is 2.08. The van der Waals surface area contributed by atoms with E-state index in [1.54, 1.807) is 10.8 Å². The van der Waals surface area contributed by atoms with Crippen LogP contribution in [0.1, 0.15) is 5.56 Å². The van der Waals surface area contributed by atoms with Crippen LogP contribution in [0, 0.1) is 0 Å². The third-order valence-corrected chi connectivity index (χ3v) is 3.65. The third-order valence-electron chi connectivity index (χ3n) is 3.16. The molecule has 4 heteroatoms. The number of carbonyl (C=O) groups excluding carboxylic acids is 1. The smallest absolute Gasteiger partial charge is 0.326 e. The number of rotatable bonds is 2. The van der Waals surface area contributed by atoms with E-state index in [1.807, 2.05) is 54.6 Å². The van der Waals surface area contributed by atoms with E-state index in [2.05, 4.69) is 21.2 Å². The molecule has 0 bridgehead atoms. The van der Waals surface area contributed by atoms with Crippen LogP contribution in [0.2, 0.25) is 0 Å². The van der Waals surface area contributed by atoms with Gasteiger partial charge in [-0.05, 0) is 29.8 Å². The van der Waals surface area contributed by atoms with E-state index in [9.17, 15) is 4.79 Å². The van der Waals surface area contributed by atoms with Crippen molar-refractivity contribution in [1.82, 2.24) is 9.88 Å². The van der Waals surface area contributed by atoms with E-state index in [0.29, 0.717) is 6.54 Å². The Kier molecular flexibility index (Phi) is 3.56. The molecule has 2 aromatic carbocycles. The number of nitrogens with zero attached hydrogens (tertiary/aromatic N) is 1. The fourth-order valence-corrected chi connectivity index (χ4v) is 2.53. The molecule has 1 aromatic heterocycles. The standard InChI is InChI=1S/C16H13BrN2O/c17-14-6-7-15-13(10-14)8-9-19(15)16(20)18-11-12-4-2-1-3-5-12/h1-10H,11H2,(H,18,20). The summed E-state index contributed by atoms with van der Waals surface area (Å²) < 4.78 is 2.64. The van der Waals surface area contributed by atoms with Gasteiger partial charge < -0.3 is 5.32 Å². The maximum atomic E-state index is 12.2. The molecule has 0 saturated heterocycles. The Morgan fingerprint density at radius 2 is 1.90 bits per heavy atom. The molecule has 3 aromatic rings. The predicted molar refractivity (Wildman–Crippen MR) is 83.7 cm³/mol. The first-order valence-electron chi connectivity index (χ1n) is 6.33. The molecular formula is C16H13BrN2O. The zero-order chi connectivity index (χ0) is 13.9. The lowest BCUT2D eigenvalue weighted by Crippen LogP contribution is -2.27. The van der Waals surface area contributed by atoms with Crippen LogP contribution in [0.3, 0.4) is 0 Å². The van der Waals surface area contributed by atoms with Gasteiger partial charge in [0.25, 0.3) is 0 Å². The fourth-order valence-electron chi connectivity index (χ4n) is 2.15. The normalized spacial score (nSPS) is 10.7. The number of nitrogens with one attached hydrogen (secondary N) is 1. The Hall–Kier alpha value is -2.07. The third kappa shape index (κ3) is 2.60. The van der Waals surface area contributed by atoms with E-state index in [4.69, 9.17) is 0 Å². The van der Waals surface area contributed by atoms with Crippen LogP contribution in [0.5, 0.6) is 0 Å². The van der Waals surface area contributed by atoms with E-state index < -0.39 is 0 Å². The fraction of sp³-hybridized carbons (Fsp3) is 0.0625. The summed E-state index contributed by atoms with van der Waals surface area (Å²) in [5.74, 6) is 0. The molecule has 100 valence electrons. The molecular weight excluding hydrogens is 316 g/mol. The van der Waals surface area contributed by atoms with Gasteiger partial charge in [0.1, 0.15) is 0 Å². The summed E-state index contributed by atoms with van der Waals surface area (Å²) in [7, 11) is 0. The molecule has 3 nitrogen and oxygen atoms in total. The predicted octanol–water partition coefficient (Wildman–Crippen LogP) is 4.16. The van der Waals surface area contributed by atoms with Crippen molar-refractivity contribution in [2.75, 3.05) is 0 Å². The lowest BCUT2D eigenvalue weighted by atomic mass is 10.2. The van der Waals surface area contributed by atoms with Gasteiger partial charge >= 0.3 is 6.03 Å². The Morgan fingerprint density at radius 3 is 2.70 bits per heavy atom. The van der Waals surface area contributed by atoms with Gasteiger partial charge in [0.15, 0.2) is 0 Å². The first kappa shape index (κ1) is 12.9. The Morgan fingerprint density at radius 1 is 1.10 bits per heavy atom. The molecule has 0 spiro atoms. The summed E-state index contributed by atoms with van der Waals surface area (Å²) in [6.45, 7) is 0.524. The highest BCUT2D eigenvalue weighted by molar-refractivity contribution is 9.10. The number of hydrogen-bond donors (Lipinski definition) is 1. The van der Waals surface area contributed by atoms with E-state index in [1.165, 1.54) is 0 Å². The van der Waals surface area contributed by atoms with Gasteiger partial charge in [-0.25, -0.2) is 4.79 Å². The van der Waals surface area contributed by atoms with Crippen molar-refractivity contribution in [3.63, 3.8) is 0 Å². The lowest BCUT2D eigenvalue weighted by molar-refractivity contribution is 0.243. The number of hydrogen-bond acceptors (Lipinski definition) is 1. The number of carbonyl (C=O) groups is 1. The van der Waals surface area contributed by atoms with E-state index >= 15 is 0 Å². The minimum atomic E-state index is -0.119. The average Bonchev–Trinajstić information content (AvgIpc) is 2.89. The molecule has 0 atom stereocenters. The van der Waals surface area contributed by atoms with Gasteiger partial charge in [0.2, 0.25) is 0 Å². The first-order chi connectivity index (χ1) is 9.74. The van der Waals surface area contributed by atoms with Crippen molar-refractivity contribution in [3.05, 3.63) is 70.8 Å². The van der Waals surface area contributed by atoms with Gasteiger partial charge in [-0.3, -0.25) is 4.57 Å².